The second-order valence-electron chi connectivity index (χ2n) is 6.40. The summed E-state index contributed by atoms with van der Waals surface area (Å²) in [7, 11) is 1.68. The predicted molar refractivity (Wildman–Crippen MR) is 102 cm³/mol. The summed E-state index contributed by atoms with van der Waals surface area (Å²) in [5.41, 5.74) is 1.97. The van der Waals surface area contributed by atoms with Gasteiger partial charge in [0.25, 0.3) is 5.91 Å². The second-order valence-corrected chi connectivity index (χ2v) is 6.40. The van der Waals surface area contributed by atoms with Crippen LogP contribution in [0.2, 0.25) is 0 Å². The highest BCUT2D eigenvalue weighted by atomic mass is 16.5. The molecule has 9 heteroatoms. The minimum atomic E-state index is -0.532. The molecule has 2 amide bonds. The lowest BCUT2D eigenvalue weighted by Gasteiger charge is -2.30. The Hall–Kier alpha value is -3.75. The molecule has 1 aliphatic rings. The molecule has 9 nitrogen and oxygen atoms in total. The third-order valence-electron chi connectivity index (χ3n) is 4.36. The quantitative estimate of drug-likeness (QED) is 0.742. The summed E-state index contributed by atoms with van der Waals surface area (Å²) in [5, 5.41) is 14.9. The number of likely N-dealkylation sites (N-methyl/N-ethyl adjacent to an activating group) is 1. The number of anilines is 2. The summed E-state index contributed by atoms with van der Waals surface area (Å²) in [5.74, 6) is 0.596. The Morgan fingerprint density at radius 2 is 2.00 bits per heavy atom. The van der Waals surface area contributed by atoms with Gasteiger partial charge in [0.05, 0.1) is 5.69 Å². The highest BCUT2D eigenvalue weighted by Gasteiger charge is 2.29. The van der Waals surface area contributed by atoms with Crippen LogP contribution in [0.5, 0.6) is 5.75 Å². The number of aromatic nitrogens is 4. The van der Waals surface area contributed by atoms with Crippen molar-refractivity contribution >= 4 is 23.2 Å². The Labute approximate surface area is 160 Å². The van der Waals surface area contributed by atoms with Gasteiger partial charge in [-0.2, -0.15) is 4.80 Å². The first kappa shape index (κ1) is 17.7. The van der Waals surface area contributed by atoms with Gasteiger partial charge >= 0.3 is 0 Å². The molecule has 1 atom stereocenters. The van der Waals surface area contributed by atoms with Crippen LogP contribution in [0.4, 0.5) is 11.4 Å². The summed E-state index contributed by atoms with van der Waals surface area (Å²) in [6.45, 7) is 1.62. The fourth-order valence-electron chi connectivity index (χ4n) is 2.93. The van der Waals surface area contributed by atoms with Gasteiger partial charge in [-0.3, -0.25) is 9.59 Å². The summed E-state index contributed by atoms with van der Waals surface area (Å²) in [4.78, 5) is 27.2. The lowest BCUT2D eigenvalue weighted by Crippen LogP contribution is -2.42. The average Bonchev–Trinajstić information content (AvgIpc) is 3.16. The molecule has 0 spiro atoms. The van der Waals surface area contributed by atoms with Crippen molar-refractivity contribution in [2.45, 2.75) is 19.6 Å². The number of amides is 2. The van der Waals surface area contributed by atoms with Crippen molar-refractivity contribution in [3.05, 3.63) is 48.5 Å². The normalized spacial score (nSPS) is 15.7. The van der Waals surface area contributed by atoms with Crippen LogP contribution in [-0.4, -0.2) is 45.2 Å². The Kier molecular flexibility index (Phi) is 4.48. The monoisotopic (exact) mass is 378 g/mol. The number of tetrazole rings is 1. The number of benzene rings is 2. The Morgan fingerprint density at radius 3 is 2.79 bits per heavy atom. The van der Waals surface area contributed by atoms with E-state index in [2.05, 4.69) is 20.7 Å². The Bertz CT molecular complexity index is 1030. The maximum atomic E-state index is 12.3. The number of ether oxygens (including phenoxy) is 1. The van der Waals surface area contributed by atoms with Gasteiger partial charge < -0.3 is 15.0 Å². The Balaban J connectivity index is 1.45. The maximum absolute atomic E-state index is 12.3. The van der Waals surface area contributed by atoms with Gasteiger partial charge in [0.1, 0.15) is 12.3 Å². The molecule has 0 fully saturated rings. The van der Waals surface area contributed by atoms with Crippen LogP contribution < -0.4 is 15.0 Å². The van der Waals surface area contributed by atoms with Crippen LogP contribution in [0, 0.1) is 0 Å². The van der Waals surface area contributed by atoms with E-state index in [1.54, 1.807) is 32.2 Å². The van der Waals surface area contributed by atoms with Crippen molar-refractivity contribution in [3.63, 3.8) is 0 Å². The number of fused-ring (bicyclic) bond motifs is 1. The first-order chi connectivity index (χ1) is 13.5. The second kappa shape index (κ2) is 7.10. The van der Waals surface area contributed by atoms with Gasteiger partial charge in [-0.05, 0) is 30.3 Å². The number of nitrogens with one attached hydrogen (secondary N) is 1. The van der Waals surface area contributed by atoms with E-state index in [0.29, 0.717) is 22.9 Å². The Morgan fingerprint density at radius 1 is 1.21 bits per heavy atom. The van der Waals surface area contributed by atoms with Crippen molar-refractivity contribution in [2.75, 3.05) is 17.3 Å². The van der Waals surface area contributed by atoms with Crippen molar-refractivity contribution in [1.82, 2.24) is 20.2 Å². The molecular formula is C19H18N6O3. The largest absolute Gasteiger partial charge is 0.479 e. The van der Waals surface area contributed by atoms with E-state index in [1.165, 1.54) is 9.70 Å². The number of hydrogen-bond acceptors (Lipinski definition) is 6. The molecular weight excluding hydrogens is 360 g/mol. The van der Waals surface area contributed by atoms with E-state index in [-0.39, 0.29) is 18.4 Å². The fraction of sp³-hybridized carbons (Fsp3) is 0.211. The zero-order valence-electron chi connectivity index (χ0n) is 15.4. The van der Waals surface area contributed by atoms with Crippen molar-refractivity contribution in [2.24, 2.45) is 0 Å². The molecule has 3 aromatic rings. The standard InChI is InChI=1S/C19H18N6O3/c1-12-19(27)24(2)15-10-14(8-9-16(15)28-12)20-17(26)11-25-22-18(21-23-25)13-6-4-3-5-7-13/h3-10,12H,11H2,1-2H3,(H,20,26). The lowest BCUT2D eigenvalue weighted by molar-refractivity contribution is -0.125. The van der Waals surface area contributed by atoms with E-state index < -0.39 is 6.10 Å². The molecule has 1 aromatic heterocycles. The van der Waals surface area contributed by atoms with E-state index in [9.17, 15) is 9.59 Å². The van der Waals surface area contributed by atoms with Gasteiger partial charge in [0.15, 0.2) is 6.10 Å². The van der Waals surface area contributed by atoms with Crippen molar-refractivity contribution < 1.29 is 14.3 Å². The smallest absolute Gasteiger partial charge is 0.267 e. The zero-order chi connectivity index (χ0) is 19.7. The van der Waals surface area contributed by atoms with Crippen LogP contribution in [0.15, 0.2) is 48.5 Å². The maximum Gasteiger partial charge on any atom is 0.267 e. The predicted octanol–water partition coefficient (Wildman–Crippen LogP) is 1.72. The molecule has 28 heavy (non-hydrogen) atoms. The topological polar surface area (TPSA) is 102 Å². The van der Waals surface area contributed by atoms with Crippen LogP contribution in [0.1, 0.15) is 6.92 Å². The summed E-state index contributed by atoms with van der Waals surface area (Å²) in [6, 6.07) is 14.5. The zero-order valence-corrected chi connectivity index (χ0v) is 15.4. The molecule has 1 N–H and O–H groups in total. The molecule has 0 saturated heterocycles. The van der Waals surface area contributed by atoms with Gasteiger partial charge in [-0.15, -0.1) is 10.2 Å². The van der Waals surface area contributed by atoms with E-state index in [1.807, 2.05) is 30.3 Å². The average molecular weight is 378 g/mol. The summed E-state index contributed by atoms with van der Waals surface area (Å²) in [6.07, 6.45) is -0.532. The first-order valence-electron chi connectivity index (χ1n) is 8.72. The molecule has 0 radical (unpaired) electrons. The third-order valence-corrected chi connectivity index (χ3v) is 4.36. The molecule has 0 saturated carbocycles. The van der Waals surface area contributed by atoms with Gasteiger partial charge in [0, 0.05) is 18.3 Å². The van der Waals surface area contributed by atoms with Crippen LogP contribution in [-0.2, 0) is 16.1 Å². The molecule has 142 valence electrons. The minimum Gasteiger partial charge on any atom is -0.479 e. The summed E-state index contributed by atoms with van der Waals surface area (Å²) < 4.78 is 5.58. The van der Waals surface area contributed by atoms with Crippen molar-refractivity contribution in [3.8, 4) is 17.1 Å². The van der Waals surface area contributed by atoms with E-state index in [0.717, 1.165) is 5.56 Å². The molecule has 2 aromatic carbocycles. The van der Waals surface area contributed by atoms with E-state index in [4.69, 9.17) is 4.74 Å². The molecule has 1 unspecified atom stereocenters. The van der Waals surface area contributed by atoms with Crippen LogP contribution in [0.25, 0.3) is 11.4 Å². The summed E-state index contributed by atoms with van der Waals surface area (Å²) >= 11 is 0. The van der Waals surface area contributed by atoms with Crippen molar-refractivity contribution in [1.29, 1.82) is 0 Å². The number of rotatable bonds is 4. The number of hydrogen-bond donors (Lipinski definition) is 1. The van der Waals surface area contributed by atoms with Crippen LogP contribution >= 0.6 is 0 Å². The molecule has 4 rings (SSSR count). The minimum absolute atomic E-state index is 0.0841. The molecule has 0 bridgehead atoms. The highest BCUT2D eigenvalue weighted by molar-refractivity contribution is 6.00. The molecule has 1 aliphatic heterocycles. The lowest BCUT2D eigenvalue weighted by atomic mass is 10.2. The van der Waals surface area contributed by atoms with E-state index >= 15 is 0 Å². The van der Waals surface area contributed by atoms with Gasteiger partial charge in [0.2, 0.25) is 11.7 Å². The number of carbonyl (C=O) groups is 2. The van der Waals surface area contributed by atoms with Gasteiger partial charge in [-0.1, -0.05) is 30.3 Å². The van der Waals surface area contributed by atoms with Crippen LogP contribution in [0.3, 0.4) is 0 Å². The fourth-order valence-corrected chi connectivity index (χ4v) is 2.93. The first-order valence-corrected chi connectivity index (χ1v) is 8.72. The number of nitrogens with zero attached hydrogens (tertiary/aromatic N) is 5. The molecule has 2 heterocycles. The molecule has 0 aliphatic carbocycles. The SMILES string of the molecule is CC1Oc2ccc(NC(=O)Cn3nnc(-c4ccccc4)n3)cc2N(C)C1=O. The van der Waals surface area contributed by atoms with Gasteiger partial charge in [-0.25, -0.2) is 0 Å². The number of carbonyl (C=O) groups excluding carboxylic acids is 2. The third kappa shape index (κ3) is 3.41. The highest BCUT2D eigenvalue weighted by Crippen LogP contribution is 2.35.